The second-order valence-corrected chi connectivity index (χ2v) is 4.67. The minimum absolute atomic E-state index is 0.206. The molecule has 1 heterocycles. The molecule has 0 spiro atoms. The third-order valence-corrected chi connectivity index (χ3v) is 2.94. The Kier molecular flexibility index (Phi) is 5.30. The van der Waals surface area contributed by atoms with E-state index in [9.17, 15) is 4.79 Å². The number of hydrogen-bond donors (Lipinski definition) is 2. The molecule has 1 aromatic heterocycles. The van der Waals surface area contributed by atoms with Gasteiger partial charge >= 0.3 is 0 Å². The van der Waals surface area contributed by atoms with Crippen LogP contribution in [0.5, 0.6) is 0 Å². The Hall–Kier alpha value is -1.21. The van der Waals surface area contributed by atoms with Gasteiger partial charge in [-0.15, -0.1) is 5.10 Å². The van der Waals surface area contributed by atoms with E-state index < -0.39 is 6.04 Å². The minimum atomic E-state index is -0.535. The minimum Gasteiger partial charge on any atom is -0.320 e. The van der Waals surface area contributed by atoms with Crippen LogP contribution >= 0.6 is 11.8 Å². The number of nitrogens with one attached hydrogen (secondary N) is 1. The predicted octanol–water partition coefficient (Wildman–Crippen LogP) is 0.507. The summed E-state index contributed by atoms with van der Waals surface area (Å²) in [4.78, 5) is 15.8. The van der Waals surface area contributed by atoms with E-state index in [1.54, 1.807) is 11.8 Å². The Morgan fingerprint density at radius 2 is 2.12 bits per heavy atom. The molecule has 1 amide bonds. The summed E-state index contributed by atoms with van der Waals surface area (Å²) in [5.74, 6) is 0.780. The van der Waals surface area contributed by atoms with Crippen molar-refractivity contribution in [3.05, 3.63) is 11.4 Å². The van der Waals surface area contributed by atoms with Gasteiger partial charge in [-0.3, -0.25) is 10.1 Å². The number of carbonyl (C=O) groups excluding carboxylic acids is 1. The van der Waals surface area contributed by atoms with Gasteiger partial charge in [0.05, 0.1) is 17.4 Å². The molecule has 0 aromatic carbocycles. The van der Waals surface area contributed by atoms with Crippen molar-refractivity contribution >= 4 is 23.6 Å². The Morgan fingerprint density at radius 3 is 2.71 bits per heavy atom. The number of nitrogens with two attached hydrogens (primary N) is 1. The first kappa shape index (κ1) is 13.9. The number of anilines is 1. The number of aromatic nitrogens is 3. The molecule has 0 aliphatic heterocycles. The average Bonchev–Trinajstić information content (AvgIpc) is 2.30. The van der Waals surface area contributed by atoms with Crippen molar-refractivity contribution in [1.29, 1.82) is 0 Å². The van der Waals surface area contributed by atoms with Gasteiger partial charge in [-0.1, -0.05) is 0 Å². The first-order chi connectivity index (χ1) is 8.04. The SMILES string of the molecule is CSCC[C@@H](N)C(=O)Nc1nnc(C)c(C)n1. The second-order valence-electron chi connectivity index (χ2n) is 3.68. The Morgan fingerprint density at radius 1 is 1.41 bits per heavy atom. The highest BCUT2D eigenvalue weighted by molar-refractivity contribution is 7.98. The zero-order chi connectivity index (χ0) is 12.8. The number of thioether (sulfide) groups is 1. The van der Waals surface area contributed by atoms with Gasteiger partial charge in [0.2, 0.25) is 11.9 Å². The highest BCUT2D eigenvalue weighted by Crippen LogP contribution is 2.04. The summed E-state index contributed by atoms with van der Waals surface area (Å²) in [7, 11) is 0. The standard InChI is InChI=1S/C10H17N5OS/c1-6-7(2)14-15-10(12-6)13-9(16)8(11)4-5-17-3/h8H,4-5,11H2,1-3H3,(H,12,13,15,16)/t8-/m1/s1. The number of hydrogen-bond acceptors (Lipinski definition) is 6. The smallest absolute Gasteiger partial charge is 0.249 e. The highest BCUT2D eigenvalue weighted by atomic mass is 32.2. The molecule has 0 fully saturated rings. The number of carbonyl (C=O) groups is 1. The molecule has 7 heteroatoms. The fourth-order valence-electron chi connectivity index (χ4n) is 1.09. The number of rotatable bonds is 5. The number of nitrogens with zero attached hydrogens (tertiary/aromatic N) is 3. The molecule has 0 aliphatic carbocycles. The van der Waals surface area contributed by atoms with Gasteiger partial charge in [-0.2, -0.15) is 16.9 Å². The van der Waals surface area contributed by atoms with Crippen LogP contribution < -0.4 is 11.1 Å². The van der Waals surface area contributed by atoms with Gasteiger partial charge in [-0.25, -0.2) is 4.98 Å². The second kappa shape index (κ2) is 6.51. The van der Waals surface area contributed by atoms with Crippen LogP contribution in [-0.2, 0) is 4.79 Å². The van der Waals surface area contributed by atoms with Gasteiger partial charge < -0.3 is 5.73 Å². The molecule has 1 aromatic rings. The lowest BCUT2D eigenvalue weighted by Gasteiger charge is -2.10. The molecular formula is C10H17N5OS. The molecule has 6 nitrogen and oxygen atoms in total. The molecule has 0 saturated heterocycles. The van der Waals surface area contributed by atoms with Crippen LogP contribution in [0.4, 0.5) is 5.95 Å². The van der Waals surface area contributed by atoms with Crippen LogP contribution in [0.3, 0.4) is 0 Å². The normalized spacial score (nSPS) is 12.2. The number of amides is 1. The Balaban J connectivity index is 2.58. The quantitative estimate of drug-likeness (QED) is 0.796. The summed E-state index contributed by atoms with van der Waals surface area (Å²) in [6, 6.07) is -0.535. The van der Waals surface area contributed by atoms with Gasteiger partial charge in [0, 0.05) is 0 Å². The summed E-state index contributed by atoms with van der Waals surface area (Å²) < 4.78 is 0. The molecule has 94 valence electrons. The van der Waals surface area contributed by atoms with Crippen LogP contribution in [0.15, 0.2) is 0 Å². The fourth-order valence-corrected chi connectivity index (χ4v) is 1.58. The first-order valence-electron chi connectivity index (χ1n) is 5.28. The molecule has 0 radical (unpaired) electrons. The monoisotopic (exact) mass is 255 g/mol. The third kappa shape index (κ3) is 4.27. The van der Waals surface area contributed by atoms with E-state index in [-0.39, 0.29) is 11.9 Å². The zero-order valence-electron chi connectivity index (χ0n) is 10.2. The van der Waals surface area contributed by atoms with Gasteiger partial charge in [0.1, 0.15) is 0 Å². The van der Waals surface area contributed by atoms with Crippen molar-refractivity contribution < 1.29 is 4.79 Å². The maximum absolute atomic E-state index is 11.7. The van der Waals surface area contributed by atoms with E-state index in [1.807, 2.05) is 20.1 Å². The molecule has 1 rings (SSSR count). The number of aryl methyl sites for hydroxylation is 2. The van der Waals surface area contributed by atoms with Crippen LogP contribution in [0.1, 0.15) is 17.8 Å². The predicted molar refractivity (Wildman–Crippen MR) is 68.9 cm³/mol. The molecule has 3 N–H and O–H groups in total. The lowest BCUT2D eigenvalue weighted by molar-refractivity contribution is -0.117. The average molecular weight is 255 g/mol. The van der Waals surface area contributed by atoms with Gasteiger partial charge in [-0.05, 0) is 32.3 Å². The Bertz CT molecular complexity index is 398. The molecule has 1 atom stereocenters. The van der Waals surface area contributed by atoms with E-state index in [1.165, 1.54) is 0 Å². The van der Waals surface area contributed by atoms with Crippen molar-refractivity contribution in [1.82, 2.24) is 15.2 Å². The van der Waals surface area contributed by atoms with Gasteiger partial charge in [0.25, 0.3) is 0 Å². The third-order valence-electron chi connectivity index (χ3n) is 2.30. The highest BCUT2D eigenvalue weighted by Gasteiger charge is 2.14. The van der Waals surface area contributed by atoms with Crippen molar-refractivity contribution in [2.75, 3.05) is 17.3 Å². The van der Waals surface area contributed by atoms with Crippen molar-refractivity contribution in [3.63, 3.8) is 0 Å². The van der Waals surface area contributed by atoms with Crippen molar-refractivity contribution in [2.24, 2.45) is 5.73 Å². The van der Waals surface area contributed by atoms with Crippen LogP contribution in [0.2, 0.25) is 0 Å². The van der Waals surface area contributed by atoms with Crippen LogP contribution in [0, 0.1) is 13.8 Å². The molecule has 0 unspecified atom stereocenters. The van der Waals surface area contributed by atoms with E-state index in [2.05, 4.69) is 20.5 Å². The maximum Gasteiger partial charge on any atom is 0.249 e. The summed E-state index contributed by atoms with van der Waals surface area (Å²) in [6.07, 6.45) is 2.60. The lowest BCUT2D eigenvalue weighted by Crippen LogP contribution is -2.36. The largest absolute Gasteiger partial charge is 0.320 e. The fraction of sp³-hybridized carbons (Fsp3) is 0.600. The summed E-state index contributed by atoms with van der Waals surface area (Å²) in [5, 5.41) is 10.2. The van der Waals surface area contributed by atoms with Crippen LogP contribution in [-0.4, -0.2) is 39.1 Å². The summed E-state index contributed by atoms with van der Waals surface area (Å²) in [5.41, 5.74) is 7.21. The van der Waals surface area contributed by atoms with E-state index >= 15 is 0 Å². The van der Waals surface area contributed by atoms with Gasteiger partial charge in [0.15, 0.2) is 0 Å². The summed E-state index contributed by atoms with van der Waals surface area (Å²) >= 11 is 1.65. The Labute approximate surface area is 105 Å². The van der Waals surface area contributed by atoms with E-state index in [4.69, 9.17) is 5.73 Å². The maximum atomic E-state index is 11.7. The van der Waals surface area contributed by atoms with E-state index in [0.29, 0.717) is 6.42 Å². The molecule has 0 aliphatic rings. The lowest BCUT2D eigenvalue weighted by atomic mass is 10.2. The first-order valence-corrected chi connectivity index (χ1v) is 6.67. The van der Waals surface area contributed by atoms with Crippen LogP contribution in [0.25, 0.3) is 0 Å². The van der Waals surface area contributed by atoms with Crippen molar-refractivity contribution in [3.8, 4) is 0 Å². The molecular weight excluding hydrogens is 238 g/mol. The van der Waals surface area contributed by atoms with Crippen molar-refractivity contribution in [2.45, 2.75) is 26.3 Å². The zero-order valence-corrected chi connectivity index (χ0v) is 11.0. The topological polar surface area (TPSA) is 93.8 Å². The summed E-state index contributed by atoms with van der Waals surface area (Å²) in [6.45, 7) is 3.62. The van der Waals surface area contributed by atoms with E-state index in [0.717, 1.165) is 17.1 Å². The molecule has 0 saturated carbocycles. The molecule has 0 bridgehead atoms. The molecule has 17 heavy (non-hydrogen) atoms.